The fraction of sp³-hybridized carbons (Fsp3) is 0.278. The highest BCUT2D eigenvalue weighted by molar-refractivity contribution is 5.77. The van der Waals surface area contributed by atoms with Crippen molar-refractivity contribution in [1.29, 1.82) is 0 Å². The third-order valence-electron chi connectivity index (χ3n) is 3.79. The molecule has 1 N–H and O–H groups in total. The predicted molar refractivity (Wildman–Crippen MR) is 94.0 cm³/mol. The van der Waals surface area contributed by atoms with Crippen LogP contribution in [0, 0.1) is 13.8 Å². The molecule has 0 spiro atoms. The van der Waals surface area contributed by atoms with E-state index in [1.807, 2.05) is 26.0 Å². The van der Waals surface area contributed by atoms with E-state index in [1.54, 1.807) is 12.5 Å². The van der Waals surface area contributed by atoms with Crippen molar-refractivity contribution >= 4 is 5.95 Å². The molecule has 3 heterocycles. The van der Waals surface area contributed by atoms with Crippen molar-refractivity contribution in [3.8, 4) is 22.8 Å². The highest BCUT2D eigenvalue weighted by Crippen LogP contribution is 2.33. The normalized spacial score (nSPS) is 10.6. The first-order valence-electron chi connectivity index (χ1n) is 8.01. The molecule has 0 fully saturated rings. The van der Waals surface area contributed by atoms with E-state index in [1.165, 1.54) is 6.26 Å². The van der Waals surface area contributed by atoms with Gasteiger partial charge in [-0.3, -0.25) is 0 Å². The number of hydrogen-bond acceptors (Lipinski definition) is 7. The average Bonchev–Trinajstić information content (AvgIpc) is 3.26. The molecule has 7 heteroatoms. The maximum Gasteiger partial charge on any atom is 0.223 e. The third kappa shape index (κ3) is 3.71. The summed E-state index contributed by atoms with van der Waals surface area (Å²) in [5.74, 6) is 1.81. The molecule has 0 unspecified atom stereocenters. The van der Waals surface area contributed by atoms with Gasteiger partial charge in [-0.2, -0.15) is 0 Å². The molecular formula is C18H20N4O3. The van der Waals surface area contributed by atoms with Crippen LogP contribution in [0.3, 0.4) is 0 Å². The SMILES string of the molecule is C=COCCCNc1ncc(-c2onc(C)c2C)c(-c2ccco2)n1. The van der Waals surface area contributed by atoms with Gasteiger partial charge >= 0.3 is 0 Å². The van der Waals surface area contributed by atoms with Gasteiger partial charge in [-0.1, -0.05) is 11.7 Å². The molecule has 0 amide bonds. The van der Waals surface area contributed by atoms with E-state index in [9.17, 15) is 0 Å². The van der Waals surface area contributed by atoms with E-state index in [0.717, 1.165) is 23.2 Å². The maximum absolute atomic E-state index is 5.53. The van der Waals surface area contributed by atoms with Crippen LogP contribution >= 0.6 is 0 Å². The van der Waals surface area contributed by atoms with Crippen molar-refractivity contribution in [2.75, 3.05) is 18.5 Å². The van der Waals surface area contributed by atoms with Gasteiger partial charge in [0.15, 0.2) is 11.5 Å². The number of aryl methyl sites for hydroxylation is 1. The lowest BCUT2D eigenvalue weighted by molar-refractivity contribution is 0.249. The van der Waals surface area contributed by atoms with Crippen LogP contribution in [0.2, 0.25) is 0 Å². The molecule has 0 aliphatic rings. The van der Waals surface area contributed by atoms with Gasteiger partial charge in [0.2, 0.25) is 5.95 Å². The van der Waals surface area contributed by atoms with Crippen LogP contribution in [0.5, 0.6) is 0 Å². The number of aromatic nitrogens is 3. The number of nitrogens with zero attached hydrogens (tertiary/aromatic N) is 3. The van der Waals surface area contributed by atoms with Crippen LogP contribution in [0.25, 0.3) is 22.8 Å². The minimum Gasteiger partial charge on any atom is -0.502 e. The summed E-state index contributed by atoms with van der Waals surface area (Å²) in [6, 6.07) is 3.67. The van der Waals surface area contributed by atoms with E-state index < -0.39 is 0 Å². The lowest BCUT2D eigenvalue weighted by atomic mass is 10.1. The van der Waals surface area contributed by atoms with E-state index in [0.29, 0.717) is 36.3 Å². The van der Waals surface area contributed by atoms with Crippen LogP contribution in [-0.4, -0.2) is 28.3 Å². The first kappa shape index (κ1) is 16.8. The number of rotatable bonds is 8. The second-order valence-electron chi connectivity index (χ2n) is 5.47. The van der Waals surface area contributed by atoms with Crippen molar-refractivity contribution in [2.45, 2.75) is 20.3 Å². The first-order chi connectivity index (χ1) is 12.2. The molecule has 7 nitrogen and oxygen atoms in total. The molecule has 0 saturated heterocycles. The zero-order valence-corrected chi connectivity index (χ0v) is 14.3. The van der Waals surface area contributed by atoms with Crippen LogP contribution < -0.4 is 5.32 Å². The molecule has 0 saturated carbocycles. The summed E-state index contributed by atoms with van der Waals surface area (Å²) in [5, 5.41) is 7.20. The minimum absolute atomic E-state index is 0.516. The Labute approximate surface area is 145 Å². The molecule has 3 rings (SSSR count). The molecule has 0 aliphatic heterocycles. The summed E-state index contributed by atoms with van der Waals surface area (Å²) in [7, 11) is 0. The van der Waals surface area contributed by atoms with Gasteiger partial charge in [-0.25, -0.2) is 9.97 Å². The molecule has 0 aromatic carbocycles. The Bertz CT molecular complexity index is 840. The number of ether oxygens (including phenoxy) is 1. The molecule has 0 atom stereocenters. The fourth-order valence-electron chi connectivity index (χ4n) is 2.34. The topological polar surface area (TPSA) is 86.2 Å². The van der Waals surface area contributed by atoms with Gasteiger partial charge in [0.1, 0.15) is 5.69 Å². The zero-order chi connectivity index (χ0) is 17.6. The van der Waals surface area contributed by atoms with Crippen molar-refractivity contribution in [3.63, 3.8) is 0 Å². The second-order valence-corrected chi connectivity index (χ2v) is 5.47. The summed E-state index contributed by atoms with van der Waals surface area (Å²) >= 11 is 0. The van der Waals surface area contributed by atoms with Crippen LogP contribution in [0.15, 0.2) is 46.4 Å². The lowest BCUT2D eigenvalue weighted by Crippen LogP contribution is -2.08. The van der Waals surface area contributed by atoms with Gasteiger partial charge in [0.25, 0.3) is 0 Å². The number of nitrogens with one attached hydrogen (secondary N) is 1. The number of hydrogen-bond donors (Lipinski definition) is 1. The van der Waals surface area contributed by atoms with Crippen LogP contribution in [-0.2, 0) is 4.74 Å². The summed E-state index contributed by atoms with van der Waals surface area (Å²) in [5.41, 5.74) is 3.20. The van der Waals surface area contributed by atoms with Gasteiger partial charge in [-0.15, -0.1) is 0 Å². The summed E-state index contributed by atoms with van der Waals surface area (Å²) in [6.07, 6.45) is 5.58. The average molecular weight is 340 g/mol. The molecule has 0 aliphatic carbocycles. The van der Waals surface area contributed by atoms with Gasteiger partial charge in [-0.05, 0) is 32.4 Å². The number of furan rings is 1. The maximum atomic E-state index is 5.53. The van der Waals surface area contributed by atoms with Gasteiger partial charge in [0.05, 0.1) is 30.4 Å². The van der Waals surface area contributed by atoms with E-state index in [2.05, 4.69) is 27.0 Å². The molecule has 0 bridgehead atoms. The Balaban J connectivity index is 1.88. The molecule has 3 aromatic heterocycles. The monoisotopic (exact) mass is 340 g/mol. The quantitative estimate of drug-likeness (QED) is 0.490. The van der Waals surface area contributed by atoms with E-state index in [4.69, 9.17) is 13.7 Å². The zero-order valence-electron chi connectivity index (χ0n) is 14.3. The Morgan fingerprint density at radius 3 is 2.92 bits per heavy atom. The number of anilines is 1. The summed E-state index contributed by atoms with van der Waals surface area (Å²) in [6.45, 7) is 8.65. The standard InChI is InChI=1S/C18H20N4O3/c1-4-23-9-6-8-19-18-20-11-14(17-12(2)13(3)22-25-17)16(21-18)15-7-5-10-24-15/h4-5,7,10-11H,1,6,8-9H2,2-3H3,(H,19,20,21). The molecule has 130 valence electrons. The van der Waals surface area contributed by atoms with E-state index >= 15 is 0 Å². The second kappa shape index (κ2) is 7.65. The third-order valence-corrected chi connectivity index (χ3v) is 3.79. The van der Waals surface area contributed by atoms with Crippen LogP contribution in [0.1, 0.15) is 17.7 Å². The van der Waals surface area contributed by atoms with Gasteiger partial charge < -0.3 is 19.0 Å². The van der Waals surface area contributed by atoms with Crippen molar-refractivity contribution in [2.24, 2.45) is 0 Å². The van der Waals surface area contributed by atoms with Gasteiger partial charge in [0, 0.05) is 18.3 Å². The highest BCUT2D eigenvalue weighted by atomic mass is 16.5. The van der Waals surface area contributed by atoms with E-state index in [-0.39, 0.29) is 0 Å². The molecule has 0 radical (unpaired) electrons. The highest BCUT2D eigenvalue weighted by Gasteiger charge is 2.19. The lowest BCUT2D eigenvalue weighted by Gasteiger charge is -2.09. The molecule has 25 heavy (non-hydrogen) atoms. The fourth-order valence-corrected chi connectivity index (χ4v) is 2.34. The summed E-state index contributed by atoms with van der Waals surface area (Å²) in [4.78, 5) is 8.98. The molecular weight excluding hydrogens is 320 g/mol. The Hall–Kier alpha value is -3.09. The van der Waals surface area contributed by atoms with Crippen molar-refractivity contribution < 1.29 is 13.7 Å². The first-order valence-corrected chi connectivity index (χ1v) is 8.01. The Morgan fingerprint density at radius 2 is 2.24 bits per heavy atom. The minimum atomic E-state index is 0.516. The van der Waals surface area contributed by atoms with Crippen molar-refractivity contribution in [3.05, 3.63) is 48.7 Å². The van der Waals surface area contributed by atoms with Crippen molar-refractivity contribution in [1.82, 2.24) is 15.1 Å². The largest absolute Gasteiger partial charge is 0.502 e. The van der Waals surface area contributed by atoms with Crippen LogP contribution in [0.4, 0.5) is 5.95 Å². The Morgan fingerprint density at radius 1 is 1.36 bits per heavy atom. The predicted octanol–water partition coefficient (Wildman–Crippen LogP) is 3.97. The Kier molecular flexibility index (Phi) is 5.13. The summed E-state index contributed by atoms with van der Waals surface area (Å²) < 4.78 is 16.1. The molecule has 3 aromatic rings. The smallest absolute Gasteiger partial charge is 0.223 e.